The fourth-order valence-electron chi connectivity index (χ4n) is 1.86. The van der Waals surface area contributed by atoms with Gasteiger partial charge in [-0.25, -0.2) is 0 Å². The van der Waals surface area contributed by atoms with E-state index in [2.05, 4.69) is 54.5 Å². The highest BCUT2D eigenvalue weighted by Gasteiger charge is 2.42. The van der Waals surface area contributed by atoms with Crippen LogP contribution in [0.5, 0.6) is 5.75 Å². The van der Waals surface area contributed by atoms with Crippen LogP contribution in [0.3, 0.4) is 0 Å². The Hall–Kier alpha value is -0.150. The molecule has 3 heteroatoms. The van der Waals surface area contributed by atoms with Gasteiger partial charge in [0, 0.05) is 9.89 Å². The van der Waals surface area contributed by atoms with Gasteiger partial charge in [0.2, 0.25) is 0 Å². The Morgan fingerprint density at radius 2 is 2.12 bits per heavy atom. The van der Waals surface area contributed by atoms with Gasteiger partial charge >= 0.3 is 0 Å². The van der Waals surface area contributed by atoms with Crippen molar-refractivity contribution in [2.75, 3.05) is 12.4 Å². The SMILES string of the molecule is CC(C)c1cc(Br)ccc1OCC1(CS)CC1. The van der Waals surface area contributed by atoms with Crippen LogP contribution in [0.2, 0.25) is 0 Å². The summed E-state index contributed by atoms with van der Waals surface area (Å²) in [4.78, 5) is 0. The highest BCUT2D eigenvalue weighted by Crippen LogP contribution is 2.47. The molecule has 0 bridgehead atoms. The third-order valence-corrected chi connectivity index (χ3v) is 4.58. The zero-order valence-electron chi connectivity index (χ0n) is 10.4. The molecule has 0 aromatic heterocycles. The Labute approximate surface area is 117 Å². The third kappa shape index (κ3) is 3.19. The molecule has 0 unspecified atom stereocenters. The average Bonchev–Trinajstić information content (AvgIpc) is 3.08. The average molecular weight is 315 g/mol. The highest BCUT2D eigenvalue weighted by molar-refractivity contribution is 9.10. The number of hydrogen-bond donors (Lipinski definition) is 1. The van der Waals surface area contributed by atoms with Crippen LogP contribution < -0.4 is 4.74 Å². The van der Waals surface area contributed by atoms with Crippen LogP contribution in [0.15, 0.2) is 22.7 Å². The minimum absolute atomic E-state index is 0.352. The van der Waals surface area contributed by atoms with E-state index < -0.39 is 0 Å². The van der Waals surface area contributed by atoms with Crippen molar-refractivity contribution in [1.82, 2.24) is 0 Å². The molecule has 1 aromatic carbocycles. The van der Waals surface area contributed by atoms with Gasteiger partial charge in [0.1, 0.15) is 5.75 Å². The molecule has 2 rings (SSSR count). The summed E-state index contributed by atoms with van der Waals surface area (Å²) in [6.07, 6.45) is 2.51. The second-order valence-electron chi connectivity index (χ2n) is 5.28. The number of halogens is 1. The van der Waals surface area contributed by atoms with Gasteiger partial charge in [0.15, 0.2) is 0 Å². The van der Waals surface area contributed by atoms with Crippen molar-refractivity contribution >= 4 is 28.6 Å². The molecule has 1 saturated carbocycles. The van der Waals surface area contributed by atoms with Gasteiger partial charge in [0.25, 0.3) is 0 Å². The van der Waals surface area contributed by atoms with Gasteiger partial charge in [-0.1, -0.05) is 29.8 Å². The van der Waals surface area contributed by atoms with E-state index in [-0.39, 0.29) is 0 Å². The van der Waals surface area contributed by atoms with Gasteiger partial charge in [-0.3, -0.25) is 0 Å². The Kier molecular flexibility index (Phi) is 4.09. The number of benzene rings is 1. The zero-order chi connectivity index (χ0) is 12.5. The predicted octanol–water partition coefficient (Wildman–Crippen LogP) is 4.66. The van der Waals surface area contributed by atoms with Crippen molar-refractivity contribution in [3.8, 4) is 5.75 Å². The standard InChI is InChI=1S/C14H19BrOS/c1-10(2)12-7-11(15)3-4-13(12)16-8-14(9-17)5-6-14/h3-4,7,10,17H,5-6,8-9H2,1-2H3. The minimum atomic E-state index is 0.352. The van der Waals surface area contributed by atoms with Gasteiger partial charge in [-0.05, 0) is 48.3 Å². The lowest BCUT2D eigenvalue weighted by Crippen LogP contribution is -2.15. The lowest BCUT2D eigenvalue weighted by atomic mass is 10.0. The molecule has 17 heavy (non-hydrogen) atoms. The monoisotopic (exact) mass is 314 g/mol. The summed E-state index contributed by atoms with van der Waals surface area (Å²) in [6.45, 7) is 5.19. The summed E-state index contributed by atoms with van der Waals surface area (Å²) >= 11 is 7.92. The molecule has 0 spiro atoms. The first-order chi connectivity index (χ1) is 8.06. The molecule has 0 heterocycles. The summed E-state index contributed by atoms with van der Waals surface area (Å²) < 4.78 is 7.12. The van der Waals surface area contributed by atoms with E-state index in [1.807, 2.05) is 6.07 Å². The summed E-state index contributed by atoms with van der Waals surface area (Å²) in [5, 5.41) is 0. The van der Waals surface area contributed by atoms with Crippen molar-refractivity contribution in [3.05, 3.63) is 28.2 Å². The first kappa shape index (κ1) is 13.3. The van der Waals surface area contributed by atoms with Crippen molar-refractivity contribution in [2.24, 2.45) is 5.41 Å². The van der Waals surface area contributed by atoms with Crippen molar-refractivity contribution < 1.29 is 4.74 Å². The normalized spacial score (nSPS) is 17.2. The van der Waals surface area contributed by atoms with Crippen LogP contribution in [-0.4, -0.2) is 12.4 Å². The largest absolute Gasteiger partial charge is 0.493 e. The molecule has 0 N–H and O–H groups in total. The van der Waals surface area contributed by atoms with Crippen molar-refractivity contribution in [2.45, 2.75) is 32.6 Å². The fourth-order valence-corrected chi connectivity index (χ4v) is 2.64. The lowest BCUT2D eigenvalue weighted by Gasteiger charge is -2.18. The summed E-state index contributed by atoms with van der Waals surface area (Å²) in [7, 11) is 0. The molecule has 1 aromatic rings. The van der Waals surface area contributed by atoms with Crippen LogP contribution in [0.1, 0.15) is 38.2 Å². The second kappa shape index (κ2) is 5.23. The third-order valence-electron chi connectivity index (χ3n) is 3.42. The quantitative estimate of drug-likeness (QED) is 0.778. The maximum absolute atomic E-state index is 6.00. The van der Waals surface area contributed by atoms with E-state index in [0.717, 1.165) is 22.6 Å². The number of hydrogen-bond acceptors (Lipinski definition) is 2. The van der Waals surface area contributed by atoms with E-state index in [1.54, 1.807) is 0 Å². The highest BCUT2D eigenvalue weighted by atomic mass is 79.9. The molecule has 0 atom stereocenters. The predicted molar refractivity (Wildman–Crippen MR) is 79.2 cm³/mol. The zero-order valence-corrected chi connectivity index (χ0v) is 12.9. The number of rotatable bonds is 5. The van der Waals surface area contributed by atoms with Crippen LogP contribution in [0.25, 0.3) is 0 Å². The van der Waals surface area contributed by atoms with Crippen LogP contribution in [0.4, 0.5) is 0 Å². The minimum Gasteiger partial charge on any atom is -0.493 e. The summed E-state index contributed by atoms with van der Waals surface area (Å²) in [5.41, 5.74) is 1.62. The smallest absolute Gasteiger partial charge is 0.122 e. The van der Waals surface area contributed by atoms with Gasteiger partial charge in [-0.2, -0.15) is 12.6 Å². The lowest BCUT2D eigenvalue weighted by molar-refractivity contribution is 0.248. The van der Waals surface area contributed by atoms with E-state index in [4.69, 9.17) is 4.74 Å². The molecule has 94 valence electrons. The van der Waals surface area contributed by atoms with E-state index in [9.17, 15) is 0 Å². The molecule has 0 aliphatic heterocycles. The maximum atomic E-state index is 6.00. The number of thiol groups is 1. The molecule has 0 saturated heterocycles. The van der Waals surface area contributed by atoms with Crippen molar-refractivity contribution in [3.63, 3.8) is 0 Å². The number of ether oxygens (including phenoxy) is 1. The second-order valence-corrected chi connectivity index (χ2v) is 6.52. The first-order valence-corrected chi connectivity index (χ1v) is 7.52. The molecule has 1 fully saturated rings. The topological polar surface area (TPSA) is 9.23 Å². The molecular weight excluding hydrogens is 296 g/mol. The Morgan fingerprint density at radius 3 is 2.65 bits per heavy atom. The molecule has 0 radical (unpaired) electrons. The maximum Gasteiger partial charge on any atom is 0.122 e. The van der Waals surface area contributed by atoms with Gasteiger partial charge < -0.3 is 4.74 Å². The molecule has 1 aliphatic rings. The molecule has 0 amide bonds. The van der Waals surface area contributed by atoms with E-state index in [0.29, 0.717) is 11.3 Å². The van der Waals surface area contributed by atoms with Crippen LogP contribution in [0, 0.1) is 5.41 Å². The molecule has 1 aliphatic carbocycles. The first-order valence-electron chi connectivity index (χ1n) is 6.09. The Balaban J connectivity index is 2.09. The Bertz CT molecular complexity index is 399. The summed E-state index contributed by atoms with van der Waals surface area (Å²) in [6, 6.07) is 6.26. The van der Waals surface area contributed by atoms with Crippen LogP contribution in [-0.2, 0) is 0 Å². The van der Waals surface area contributed by atoms with Crippen LogP contribution >= 0.6 is 28.6 Å². The molecular formula is C14H19BrOS. The molecule has 1 nitrogen and oxygen atoms in total. The van der Waals surface area contributed by atoms with Gasteiger partial charge in [0.05, 0.1) is 6.61 Å². The summed E-state index contributed by atoms with van der Waals surface area (Å²) in [5.74, 6) is 2.44. The Morgan fingerprint density at radius 1 is 1.41 bits per heavy atom. The van der Waals surface area contributed by atoms with Crippen molar-refractivity contribution in [1.29, 1.82) is 0 Å². The van der Waals surface area contributed by atoms with Gasteiger partial charge in [-0.15, -0.1) is 0 Å². The van der Waals surface area contributed by atoms with E-state index in [1.165, 1.54) is 18.4 Å². The fraction of sp³-hybridized carbons (Fsp3) is 0.571. The van der Waals surface area contributed by atoms with E-state index >= 15 is 0 Å².